The van der Waals surface area contributed by atoms with E-state index < -0.39 is 0 Å². The normalized spacial score (nSPS) is 7.30. The van der Waals surface area contributed by atoms with Gasteiger partial charge >= 0.3 is 35.5 Å². The third-order valence-corrected chi connectivity index (χ3v) is 0.681. The number of ether oxygens (including phenoxy) is 1. The van der Waals surface area contributed by atoms with Crippen LogP contribution in [-0.4, -0.2) is 42.1 Å². The average Bonchev–Trinajstić information content (AvgIpc) is 1.82. The Balaban J connectivity index is 0. The Hall–Kier alpha value is -0.0500. The maximum atomic E-state index is 10.5. The van der Waals surface area contributed by atoms with Gasteiger partial charge in [0.1, 0.15) is 6.61 Å². The van der Waals surface area contributed by atoms with Gasteiger partial charge in [-0.3, -0.25) is 0 Å². The van der Waals surface area contributed by atoms with Crippen LogP contribution in [0.15, 0.2) is 24.8 Å². The topological polar surface area (TPSA) is 26.3 Å². The molecular formula is C7H11NaO2. The van der Waals surface area contributed by atoms with Crippen LogP contribution >= 0.6 is 0 Å². The van der Waals surface area contributed by atoms with Gasteiger partial charge in [0, 0.05) is 5.57 Å². The van der Waals surface area contributed by atoms with E-state index in [1.807, 2.05) is 0 Å². The van der Waals surface area contributed by atoms with Crippen molar-refractivity contribution in [3.63, 3.8) is 0 Å². The SMILES string of the molecule is C=CCOC(=O)C(=C)C.[NaH]. The quantitative estimate of drug-likeness (QED) is 0.255. The van der Waals surface area contributed by atoms with Crippen LogP contribution in [-0.2, 0) is 9.53 Å². The van der Waals surface area contributed by atoms with Gasteiger partial charge in [-0.25, -0.2) is 4.79 Å². The Morgan fingerprint density at radius 1 is 1.70 bits per heavy atom. The second kappa shape index (κ2) is 7.06. The Kier molecular flexibility index (Phi) is 8.91. The molecule has 0 fully saturated rings. The average molecular weight is 150 g/mol. The second-order valence-corrected chi connectivity index (χ2v) is 1.67. The van der Waals surface area contributed by atoms with Gasteiger partial charge in [0.2, 0.25) is 0 Å². The van der Waals surface area contributed by atoms with Crippen LogP contribution in [0.3, 0.4) is 0 Å². The van der Waals surface area contributed by atoms with Gasteiger partial charge < -0.3 is 4.74 Å². The summed E-state index contributed by atoms with van der Waals surface area (Å²) in [5.41, 5.74) is 0.414. The molecule has 3 heteroatoms. The first-order valence-corrected chi connectivity index (χ1v) is 2.62. The molecule has 0 saturated carbocycles. The predicted molar refractivity (Wildman–Crippen MR) is 43.1 cm³/mol. The van der Waals surface area contributed by atoms with Crippen molar-refractivity contribution in [1.82, 2.24) is 0 Å². The van der Waals surface area contributed by atoms with E-state index in [-0.39, 0.29) is 42.1 Å². The van der Waals surface area contributed by atoms with Crippen molar-refractivity contribution in [2.75, 3.05) is 6.61 Å². The molecule has 10 heavy (non-hydrogen) atoms. The molecule has 0 atom stereocenters. The molecule has 0 aliphatic rings. The molecule has 0 aromatic heterocycles. The summed E-state index contributed by atoms with van der Waals surface area (Å²) in [5, 5.41) is 0. The van der Waals surface area contributed by atoms with Crippen LogP contribution in [0.25, 0.3) is 0 Å². The molecule has 0 aliphatic carbocycles. The summed E-state index contributed by atoms with van der Waals surface area (Å²) >= 11 is 0. The zero-order valence-corrected chi connectivity index (χ0v) is 5.52. The van der Waals surface area contributed by atoms with Crippen LogP contribution in [0.1, 0.15) is 6.92 Å². The van der Waals surface area contributed by atoms with Crippen LogP contribution < -0.4 is 0 Å². The zero-order chi connectivity index (χ0) is 7.28. The van der Waals surface area contributed by atoms with E-state index in [9.17, 15) is 4.79 Å². The van der Waals surface area contributed by atoms with Crippen molar-refractivity contribution in [1.29, 1.82) is 0 Å². The number of carbonyl (C=O) groups excluding carboxylic acids is 1. The third-order valence-electron chi connectivity index (χ3n) is 0.681. The molecule has 0 rings (SSSR count). The van der Waals surface area contributed by atoms with Crippen molar-refractivity contribution in [2.24, 2.45) is 0 Å². The van der Waals surface area contributed by atoms with E-state index in [2.05, 4.69) is 17.9 Å². The standard InChI is InChI=1S/C7H10O2.Na.H/c1-4-5-9-7(8)6(2)3;;/h4H,1-2,5H2,3H3;;. The van der Waals surface area contributed by atoms with Gasteiger partial charge in [0.05, 0.1) is 0 Å². The number of hydrogen-bond acceptors (Lipinski definition) is 2. The summed E-state index contributed by atoms with van der Waals surface area (Å²) < 4.78 is 4.60. The van der Waals surface area contributed by atoms with Crippen molar-refractivity contribution >= 4 is 35.5 Å². The fourth-order valence-electron chi connectivity index (χ4n) is 0.258. The molecule has 0 spiro atoms. The van der Waals surface area contributed by atoms with Gasteiger partial charge in [-0.05, 0) is 6.92 Å². The number of esters is 1. The molecule has 0 bridgehead atoms. The van der Waals surface area contributed by atoms with E-state index in [0.29, 0.717) is 5.57 Å². The van der Waals surface area contributed by atoms with Gasteiger partial charge in [-0.15, -0.1) is 0 Å². The molecule has 52 valence electrons. The molecule has 0 aromatic carbocycles. The molecule has 0 saturated heterocycles. The first kappa shape index (κ1) is 12.6. The van der Waals surface area contributed by atoms with Crippen LogP contribution in [0, 0.1) is 0 Å². The fraction of sp³-hybridized carbons (Fsp3) is 0.286. The molecule has 0 unspecified atom stereocenters. The van der Waals surface area contributed by atoms with E-state index >= 15 is 0 Å². The summed E-state index contributed by atoms with van der Waals surface area (Å²) in [6.07, 6.45) is 1.51. The van der Waals surface area contributed by atoms with E-state index in [0.717, 1.165) is 0 Å². The molecule has 0 radical (unpaired) electrons. The van der Waals surface area contributed by atoms with Gasteiger partial charge in [-0.1, -0.05) is 19.2 Å². The first-order chi connectivity index (χ1) is 4.18. The fourth-order valence-corrected chi connectivity index (χ4v) is 0.258. The van der Waals surface area contributed by atoms with E-state index in [1.54, 1.807) is 6.92 Å². The summed E-state index contributed by atoms with van der Waals surface area (Å²) in [6, 6.07) is 0. The minimum atomic E-state index is -0.366. The molecule has 2 nitrogen and oxygen atoms in total. The van der Waals surface area contributed by atoms with E-state index in [4.69, 9.17) is 0 Å². The maximum absolute atomic E-state index is 10.5. The predicted octanol–water partition coefficient (Wildman–Crippen LogP) is 0.643. The van der Waals surface area contributed by atoms with E-state index in [1.165, 1.54) is 6.08 Å². The van der Waals surface area contributed by atoms with Crippen molar-refractivity contribution in [3.05, 3.63) is 24.8 Å². The van der Waals surface area contributed by atoms with Gasteiger partial charge in [0.25, 0.3) is 0 Å². The number of carbonyl (C=O) groups is 1. The molecule has 0 heterocycles. The zero-order valence-electron chi connectivity index (χ0n) is 5.52. The second-order valence-electron chi connectivity index (χ2n) is 1.67. The minimum absolute atomic E-state index is 0. The van der Waals surface area contributed by atoms with Crippen molar-refractivity contribution in [2.45, 2.75) is 6.92 Å². The molecule has 0 amide bonds. The van der Waals surface area contributed by atoms with Crippen molar-refractivity contribution < 1.29 is 9.53 Å². The molecule has 0 aromatic rings. The van der Waals surface area contributed by atoms with Gasteiger partial charge in [0.15, 0.2) is 0 Å². The summed E-state index contributed by atoms with van der Waals surface area (Å²) in [4.78, 5) is 10.5. The van der Waals surface area contributed by atoms with Crippen molar-refractivity contribution in [3.8, 4) is 0 Å². The Morgan fingerprint density at radius 2 is 2.20 bits per heavy atom. The van der Waals surface area contributed by atoms with Crippen LogP contribution in [0.5, 0.6) is 0 Å². The molecular weight excluding hydrogens is 139 g/mol. The van der Waals surface area contributed by atoms with Gasteiger partial charge in [-0.2, -0.15) is 0 Å². The summed E-state index contributed by atoms with van der Waals surface area (Å²) in [5.74, 6) is -0.366. The third kappa shape index (κ3) is 6.08. The Labute approximate surface area is 83.2 Å². The Morgan fingerprint density at radius 3 is 2.50 bits per heavy atom. The number of hydrogen-bond donors (Lipinski definition) is 0. The van der Waals surface area contributed by atoms with Crippen LogP contribution in [0.4, 0.5) is 0 Å². The number of rotatable bonds is 3. The first-order valence-electron chi connectivity index (χ1n) is 2.62. The Bertz CT molecular complexity index is 141. The monoisotopic (exact) mass is 150 g/mol. The molecule has 0 aliphatic heterocycles. The summed E-state index contributed by atoms with van der Waals surface area (Å²) in [7, 11) is 0. The summed E-state index contributed by atoms with van der Waals surface area (Å²) in [6.45, 7) is 8.64. The molecule has 0 N–H and O–H groups in total. The van der Waals surface area contributed by atoms with Crippen LogP contribution in [0.2, 0.25) is 0 Å².